The van der Waals surface area contributed by atoms with E-state index in [-0.39, 0.29) is 31.0 Å². The van der Waals surface area contributed by atoms with Gasteiger partial charge in [-0.15, -0.1) is 0 Å². The van der Waals surface area contributed by atoms with Crippen molar-refractivity contribution in [3.63, 3.8) is 0 Å². The number of rotatable bonds is 8. The Kier molecular flexibility index (Phi) is 8.27. The fourth-order valence-corrected chi connectivity index (χ4v) is 3.79. The monoisotopic (exact) mass is 550 g/mol. The van der Waals surface area contributed by atoms with Gasteiger partial charge in [-0.05, 0) is 61.0 Å². The Labute approximate surface area is 227 Å². The third-order valence-corrected chi connectivity index (χ3v) is 6.02. The van der Waals surface area contributed by atoms with Gasteiger partial charge in [-0.2, -0.15) is 4.68 Å². The van der Waals surface area contributed by atoms with Crippen molar-refractivity contribution in [2.75, 3.05) is 10.9 Å². The molecule has 0 atom stereocenters. The summed E-state index contributed by atoms with van der Waals surface area (Å²) in [5, 5.41) is 1.54. The quantitative estimate of drug-likeness (QED) is 0.194. The molecule has 12 nitrogen and oxygen atoms in total. The van der Waals surface area contributed by atoms with Gasteiger partial charge in [-0.3, -0.25) is 9.36 Å². The van der Waals surface area contributed by atoms with Gasteiger partial charge in [0.05, 0.1) is 18.4 Å². The van der Waals surface area contributed by atoms with Gasteiger partial charge in [0.1, 0.15) is 17.3 Å². The van der Waals surface area contributed by atoms with Gasteiger partial charge in [0, 0.05) is 18.0 Å². The van der Waals surface area contributed by atoms with E-state index in [0.29, 0.717) is 28.0 Å². The van der Waals surface area contributed by atoms with Gasteiger partial charge >= 0.3 is 11.4 Å². The Balaban J connectivity index is 1.64. The summed E-state index contributed by atoms with van der Waals surface area (Å²) in [4.78, 5) is 46.2. The van der Waals surface area contributed by atoms with Gasteiger partial charge in [0.2, 0.25) is 11.5 Å². The van der Waals surface area contributed by atoms with Crippen molar-refractivity contribution in [1.82, 2.24) is 18.8 Å². The predicted octanol–water partition coefficient (Wildman–Crippen LogP) is 2.28. The maximum absolute atomic E-state index is 13.1. The normalized spacial score (nSPS) is 11.4. The van der Waals surface area contributed by atoms with E-state index in [0.717, 1.165) is 19.8 Å². The van der Waals surface area contributed by atoms with Crippen LogP contribution in [0, 0.1) is 0 Å². The molecule has 39 heavy (non-hydrogen) atoms. The highest BCUT2D eigenvalue weighted by Gasteiger charge is 2.13. The summed E-state index contributed by atoms with van der Waals surface area (Å²) in [5.41, 5.74) is -0.0260. The van der Waals surface area contributed by atoms with Crippen LogP contribution < -0.4 is 38.4 Å². The predicted molar refractivity (Wildman–Crippen MR) is 147 cm³/mol. The number of amides is 1. The van der Waals surface area contributed by atoms with Crippen LogP contribution in [0.1, 0.15) is 25.8 Å². The van der Waals surface area contributed by atoms with Crippen LogP contribution in [0.2, 0.25) is 5.02 Å². The number of nitrogens with two attached hydrogens (primary N) is 2. The molecule has 0 spiro atoms. The van der Waals surface area contributed by atoms with E-state index in [1.54, 1.807) is 74.5 Å². The first kappa shape index (κ1) is 27.4. The van der Waals surface area contributed by atoms with E-state index >= 15 is 0 Å². The molecule has 0 bridgehead atoms. The molecule has 1 amide bonds. The smallest absolute Gasteiger partial charge is 0.353 e. The molecule has 0 fully saturated rings. The van der Waals surface area contributed by atoms with Crippen LogP contribution in [-0.2, 0) is 17.9 Å². The zero-order valence-electron chi connectivity index (χ0n) is 21.3. The number of aromatic nitrogens is 4. The summed E-state index contributed by atoms with van der Waals surface area (Å²) < 4.78 is 9.03. The number of pyridine rings is 1. The summed E-state index contributed by atoms with van der Waals surface area (Å²) >= 11 is 5.99. The highest BCUT2D eigenvalue weighted by molar-refractivity contribution is 6.30. The minimum atomic E-state index is -0.679. The van der Waals surface area contributed by atoms with Crippen LogP contribution in [0.25, 0.3) is 0 Å². The number of carbonyl (C=O) groups is 1. The molecule has 2 heterocycles. The minimum Gasteiger partial charge on any atom is -0.456 e. The summed E-state index contributed by atoms with van der Waals surface area (Å²) in [6.07, 6.45) is 1.71. The van der Waals surface area contributed by atoms with Gasteiger partial charge < -0.3 is 10.6 Å². The molecule has 4 N–H and O–H groups in total. The SMILES string of the molecule is CCC(=O)N(N)c1ccc(Oc2ccc(N=c3n(N)c(=O)n(CC)c(=O)n3Cc3ccc(Cl)cc3)cc2)cn1. The largest absolute Gasteiger partial charge is 0.456 e. The Bertz CT molecular complexity index is 1660. The molecule has 2 aromatic heterocycles. The number of hydrogen-bond donors (Lipinski definition) is 2. The molecule has 0 aliphatic heterocycles. The topological polar surface area (TPSA) is 156 Å². The molecular formula is C26H27ClN8O4. The number of halogens is 1. The number of carbonyl (C=O) groups excluding carboxylic acids is 1. The first-order valence-electron chi connectivity index (χ1n) is 12.0. The zero-order valence-corrected chi connectivity index (χ0v) is 22.1. The standard InChI is InChI=1S/C26H27ClN8O4/c1-3-23(36)34(28)22-14-13-21(15-30-22)39-20-11-9-19(10-12-20)31-24-33(16-17-5-7-18(27)8-6-17)25(37)32(4-2)26(38)35(24)29/h5-15H,3-4,16,28-29H2,1-2H3. The van der Waals surface area contributed by atoms with Gasteiger partial charge in [-0.25, -0.2) is 35.0 Å². The Morgan fingerprint density at radius 2 is 1.64 bits per heavy atom. The second kappa shape index (κ2) is 11.8. The van der Waals surface area contributed by atoms with Gasteiger partial charge in [-0.1, -0.05) is 30.7 Å². The van der Waals surface area contributed by atoms with Crippen molar-refractivity contribution in [1.29, 1.82) is 0 Å². The van der Waals surface area contributed by atoms with Crippen LogP contribution in [0.4, 0.5) is 11.5 Å². The molecule has 13 heteroatoms. The van der Waals surface area contributed by atoms with Crippen LogP contribution >= 0.6 is 11.6 Å². The Morgan fingerprint density at radius 1 is 0.974 bits per heavy atom. The average molecular weight is 551 g/mol. The molecule has 4 rings (SSSR count). The van der Waals surface area contributed by atoms with Crippen LogP contribution in [0.15, 0.2) is 81.4 Å². The maximum atomic E-state index is 13.1. The van der Waals surface area contributed by atoms with Crippen molar-refractivity contribution in [2.45, 2.75) is 33.4 Å². The molecule has 0 unspecified atom stereocenters. The summed E-state index contributed by atoms with van der Waals surface area (Å²) in [6, 6.07) is 16.8. The van der Waals surface area contributed by atoms with E-state index in [2.05, 4.69) is 9.98 Å². The first-order valence-corrected chi connectivity index (χ1v) is 12.4. The second-order valence-electron chi connectivity index (χ2n) is 8.37. The first-order chi connectivity index (χ1) is 18.7. The number of anilines is 1. The molecule has 0 saturated heterocycles. The molecule has 4 aromatic rings. The maximum Gasteiger partial charge on any atom is 0.353 e. The number of benzene rings is 2. The van der Waals surface area contributed by atoms with Crippen LogP contribution in [-0.4, -0.2) is 24.7 Å². The lowest BCUT2D eigenvalue weighted by Gasteiger charge is -2.14. The van der Waals surface area contributed by atoms with Crippen molar-refractivity contribution in [2.24, 2.45) is 10.8 Å². The molecule has 0 radical (unpaired) electrons. The summed E-state index contributed by atoms with van der Waals surface area (Å²) in [6.45, 7) is 3.67. The average Bonchev–Trinajstić information content (AvgIpc) is 2.95. The number of nitrogens with zero attached hydrogens (tertiary/aromatic N) is 6. The minimum absolute atomic E-state index is 0.0222. The highest BCUT2D eigenvalue weighted by atomic mass is 35.5. The highest BCUT2D eigenvalue weighted by Crippen LogP contribution is 2.24. The lowest BCUT2D eigenvalue weighted by Crippen LogP contribution is -2.57. The van der Waals surface area contributed by atoms with Crippen LogP contribution in [0.3, 0.4) is 0 Å². The summed E-state index contributed by atoms with van der Waals surface area (Å²) in [5.74, 6) is 12.8. The zero-order chi connectivity index (χ0) is 28.1. The molecule has 0 aliphatic rings. The van der Waals surface area contributed by atoms with Gasteiger partial charge in [0.25, 0.3) is 0 Å². The molecular weight excluding hydrogens is 524 g/mol. The van der Waals surface area contributed by atoms with Crippen LogP contribution in [0.5, 0.6) is 11.5 Å². The Morgan fingerprint density at radius 3 is 2.23 bits per heavy atom. The molecule has 202 valence electrons. The van der Waals surface area contributed by atoms with Crippen molar-refractivity contribution < 1.29 is 9.53 Å². The summed E-state index contributed by atoms with van der Waals surface area (Å²) in [7, 11) is 0. The fourth-order valence-electron chi connectivity index (χ4n) is 3.67. The molecule has 2 aromatic carbocycles. The molecule has 0 saturated carbocycles. The van der Waals surface area contributed by atoms with E-state index in [9.17, 15) is 14.4 Å². The van der Waals surface area contributed by atoms with E-state index in [1.165, 1.54) is 10.8 Å². The third kappa shape index (κ3) is 6.08. The Hall–Kier alpha value is -4.68. The van der Waals surface area contributed by atoms with Gasteiger partial charge in [0.15, 0.2) is 0 Å². The third-order valence-electron chi connectivity index (χ3n) is 5.77. The number of nitrogen functional groups attached to an aromatic ring is 1. The van der Waals surface area contributed by atoms with Crippen molar-refractivity contribution >= 4 is 29.0 Å². The molecule has 0 aliphatic carbocycles. The van der Waals surface area contributed by atoms with Crippen molar-refractivity contribution in [3.8, 4) is 11.5 Å². The van der Waals surface area contributed by atoms with E-state index in [1.807, 2.05) is 0 Å². The second-order valence-corrected chi connectivity index (χ2v) is 8.81. The van der Waals surface area contributed by atoms with E-state index < -0.39 is 11.4 Å². The lowest BCUT2D eigenvalue weighted by molar-refractivity contribution is -0.118. The van der Waals surface area contributed by atoms with Crippen molar-refractivity contribution in [3.05, 3.63) is 104 Å². The number of ether oxygens (including phenoxy) is 1. The lowest BCUT2D eigenvalue weighted by atomic mass is 10.2. The number of hydrazine groups is 1. The van der Waals surface area contributed by atoms with E-state index in [4.69, 9.17) is 28.0 Å². The fraction of sp³-hybridized carbons (Fsp3) is 0.192. The number of hydrogen-bond acceptors (Lipinski definition) is 8.